The van der Waals surface area contributed by atoms with Gasteiger partial charge >= 0.3 is 0 Å². The Bertz CT molecular complexity index is 216. The van der Waals surface area contributed by atoms with Crippen LogP contribution in [0.2, 0.25) is 0 Å². The molecule has 0 aromatic carbocycles. The molecule has 2 rings (SSSR count). The van der Waals surface area contributed by atoms with Crippen molar-refractivity contribution >= 4 is 0 Å². The second-order valence-corrected chi connectivity index (χ2v) is 5.56. The number of aliphatic hydroxyl groups is 1. The van der Waals surface area contributed by atoms with Crippen LogP contribution in [0.5, 0.6) is 0 Å². The fourth-order valence-electron chi connectivity index (χ4n) is 3.53. The molecule has 1 heterocycles. The molecule has 2 unspecified atom stereocenters. The SMILES string of the molecule is CCOCC(O)CN1CCCC1C1CCCC1. The molecule has 0 bridgehead atoms. The van der Waals surface area contributed by atoms with Crippen molar-refractivity contribution in [3.63, 3.8) is 0 Å². The Hall–Kier alpha value is -0.120. The van der Waals surface area contributed by atoms with Crippen molar-refractivity contribution in [1.82, 2.24) is 4.90 Å². The maximum absolute atomic E-state index is 9.93. The van der Waals surface area contributed by atoms with E-state index in [1.54, 1.807) is 0 Å². The number of nitrogens with zero attached hydrogens (tertiary/aromatic N) is 1. The zero-order chi connectivity index (χ0) is 12.1. The van der Waals surface area contributed by atoms with Gasteiger partial charge in [-0.15, -0.1) is 0 Å². The first kappa shape index (κ1) is 13.3. The van der Waals surface area contributed by atoms with Gasteiger partial charge in [-0.25, -0.2) is 0 Å². The molecule has 2 atom stereocenters. The second-order valence-electron chi connectivity index (χ2n) is 5.56. The highest BCUT2D eigenvalue weighted by atomic mass is 16.5. The van der Waals surface area contributed by atoms with Crippen molar-refractivity contribution in [2.75, 3.05) is 26.3 Å². The molecule has 1 N–H and O–H groups in total. The molecule has 0 radical (unpaired) electrons. The van der Waals surface area contributed by atoms with E-state index in [-0.39, 0.29) is 6.10 Å². The number of rotatable bonds is 6. The molecule has 1 aliphatic heterocycles. The minimum Gasteiger partial charge on any atom is -0.389 e. The van der Waals surface area contributed by atoms with Crippen LogP contribution in [-0.2, 0) is 4.74 Å². The average molecular weight is 241 g/mol. The Kier molecular flexibility index (Phi) is 5.26. The van der Waals surface area contributed by atoms with Crippen LogP contribution in [0.4, 0.5) is 0 Å². The summed E-state index contributed by atoms with van der Waals surface area (Å²) in [5.41, 5.74) is 0. The van der Waals surface area contributed by atoms with Crippen molar-refractivity contribution in [3.05, 3.63) is 0 Å². The smallest absolute Gasteiger partial charge is 0.0900 e. The standard InChI is InChI=1S/C14H27NO2/c1-2-17-11-13(16)10-15-9-5-8-14(15)12-6-3-4-7-12/h12-14,16H,2-11H2,1H3. The van der Waals surface area contributed by atoms with Crippen molar-refractivity contribution in [2.45, 2.75) is 57.6 Å². The molecular weight excluding hydrogens is 214 g/mol. The van der Waals surface area contributed by atoms with Gasteiger partial charge in [0.15, 0.2) is 0 Å². The van der Waals surface area contributed by atoms with E-state index in [1.807, 2.05) is 6.92 Å². The molecule has 0 aromatic heterocycles. The highest BCUT2D eigenvalue weighted by Crippen LogP contribution is 2.35. The third kappa shape index (κ3) is 3.67. The van der Waals surface area contributed by atoms with Crippen molar-refractivity contribution in [1.29, 1.82) is 0 Å². The Morgan fingerprint density at radius 3 is 2.71 bits per heavy atom. The quantitative estimate of drug-likeness (QED) is 0.772. The van der Waals surface area contributed by atoms with Gasteiger partial charge in [0.25, 0.3) is 0 Å². The van der Waals surface area contributed by atoms with E-state index in [1.165, 1.54) is 45.1 Å². The van der Waals surface area contributed by atoms with Crippen LogP contribution < -0.4 is 0 Å². The van der Waals surface area contributed by atoms with Gasteiger partial charge in [-0.1, -0.05) is 12.8 Å². The monoisotopic (exact) mass is 241 g/mol. The first-order valence-corrected chi connectivity index (χ1v) is 7.31. The summed E-state index contributed by atoms with van der Waals surface area (Å²) in [5.74, 6) is 0.900. The topological polar surface area (TPSA) is 32.7 Å². The molecular formula is C14H27NO2. The summed E-state index contributed by atoms with van der Waals surface area (Å²) in [6.07, 6.45) is 7.98. The third-order valence-electron chi connectivity index (χ3n) is 4.32. The normalized spacial score (nSPS) is 28.9. The van der Waals surface area contributed by atoms with Crippen LogP contribution in [-0.4, -0.2) is 48.5 Å². The molecule has 0 aromatic rings. The van der Waals surface area contributed by atoms with Gasteiger partial charge in [0.05, 0.1) is 12.7 Å². The Labute approximate surface area is 105 Å². The van der Waals surface area contributed by atoms with E-state index in [9.17, 15) is 5.11 Å². The largest absolute Gasteiger partial charge is 0.389 e. The van der Waals surface area contributed by atoms with Crippen LogP contribution in [0.15, 0.2) is 0 Å². The summed E-state index contributed by atoms with van der Waals surface area (Å²) in [7, 11) is 0. The molecule has 0 amide bonds. The molecule has 1 saturated carbocycles. The number of aliphatic hydroxyl groups excluding tert-OH is 1. The van der Waals surface area contributed by atoms with Crippen LogP contribution in [0, 0.1) is 5.92 Å². The van der Waals surface area contributed by atoms with E-state index >= 15 is 0 Å². The lowest BCUT2D eigenvalue weighted by atomic mass is 9.96. The van der Waals surface area contributed by atoms with Gasteiger partial charge < -0.3 is 9.84 Å². The average Bonchev–Trinajstić information content (AvgIpc) is 2.95. The Balaban J connectivity index is 1.78. The minimum atomic E-state index is -0.308. The maximum atomic E-state index is 9.93. The molecule has 2 aliphatic rings. The van der Waals surface area contributed by atoms with Crippen LogP contribution in [0.25, 0.3) is 0 Å². The summed E-state index contributed by atoms with van der Waals surface area (Å²) in [6.45, 7) is 5.14. The highest BCUT2D eigenvalue weighted by molar-refractivity contribution is 4.88. The lowest BCUT2D eigenvalue weighted by molar-refractivity contribution is 0.0141. The summed E-state index contributed by atoms with van der Waals surface area (Å²) in [4.78, 5) is 2.51. The number of hydrogen-bond acceptors (Lipinski definition) is 3. The summed E-state index contributed by atoms with van der Waals surface area (Å²) < 4.78 is 5.29. The van der Waals surface area contributed by atoms with Gasteiger partial charge in [0.2, 0.25) is 0 Å². The van der Waals surface area contributed by atoms with E-state index < -0.39 is 0 Å². The Morgan fingerprint density at radius 2 is 2.00 bits per heavy atom. The van der Waals surface area contributed by atoms with Gasteiger partial charge in [0, 0.05) is 19.2 Å². The van der Waals surface area contributed by atoms with Crippen LogP contribution >= 0.6 is 0 Å². The second kappa shape index (κ2) is 6.72. The molecule has 2 fully saturated rings. The van der Waals surface area contributed by atoms with Crippen molar-refractivity contribution in [2.24, 2.45) is 5.92 Å². The van der Waals surface area contributed by atoms with Gasteiger partial charge in [-0.05, 0) is 45.1 Å². The van der Waals surface area contributed by atoms with E-state index in [2.05, 4.69) is 4.90 Å². The van der Waals surface area contributed by atoms with Gasteiger partial charge in [-0.3, -0.25) is 4.90 Å². The molecule has 3 heteroatoms. The predicted octanol–water partition coefficient (Wildman–Crippen LogP) is 2.04. The van der Waals surface area contributed by atoms with Gasteiger partial charge in [0.1, 0.15) is 0 Å². The van der Waals surface area contributed by atoms with Crippen molar-refractivity contribution < 1.29 is 9.84 Å². The fourth-order valence-corrected chi connectivity index (χ4v) is 3.53. The highest BCUT2D eigenvalue weighted by Gasteiger charge is 2.33. The molecule has 0 spiro atoms. The van der Waals surface area contributed by atoms with Gasteiger partial charge in [-0.2, -0.15) is 0 Å². The lowest BCUT2D eigenvalue weighted by Gasteiger charge is -2.30. The molecule has 3 nitrogen and oxygen atoms in total. The summed E-state index contributed by atoms with van der Waals surface area (Å²) >= 11 is 0. The number of β-amino-alcohol motifs (C(OH)–C–C–N with tert-alkyl or cyclic N) is 1. The van der Waals surface area contributed by atoms with E-state index in [4.69, 9.17) is 4.74 Å². The number of hydrogen-bond donors (Lipinski definition) is 1. The third-order valence-corrected chi connectivity index (χ3v) is 4.32. The summed E-state index contributed by atoms with van der Waals surface area (Å²) in [5, 5.41) is 9.93. The summed E-state index contributed by atoms with van der Waals surface area (Å²) in [6, 6.07) is 0.744. The van der Waals surface area contributed by atoms with Crippen LogP contribution in [0.3, 0.4) is 0 Å². The first-order chi connectivity index (χ1) is 8.31. The lowest BCUT2D eigenvalue weighted by Crippen LogP contribution is -2.41. The maximum Gasteiger partial charge on any atom is 0.0900 e. The zero-order valence-corrected chi connectivity index (χ0v) is 11.1. The fraction of sp³-hybridized carbons (Fsp3) is 1.00. The Morgan fingerprint density at radius 1 is 1.24 bits per heavy atom. The number of likely N-dealkylation sites (tertiary alicyclic amines) is 1. The zero-order valence-electron chi connectivity index (χ0n) is 11.1. The first-order valence-electron chi connectivity index (χ1n) is 7.31. The molecule has 100 valence electrons. The van der Waals surface area contributed by atoms with E-state index in [0.717, 1.165) is 18.5 Å². The van der Waals surface area contributed by atoms with E-state index in [0.29, 0.717) is 13.2 Å². The number of ether oxygens (including phenoxy) is 1. The minimum absolute atomic E-state index is 0.308. The van der Waals surface area contributed by atoms with Crippen molar-refractivity contribution in [3.8, 4) is 0 Å². The molecule has 1 aliphatic carbocycles. The predicted molar refractivity (Wildman–Crippen MR) is 69.1 cm³/mol. The molecule has 17 heavy (non-hydrogen) atoms. The van der Waals surface area contributed by atoms with Crippen LogP contribution in [0.1, 0.15) is 45.4 Å². The molecule has 1 saturated heterocycles.